The number of furan rings is 1. The number of carbonyl (C=O) groups excluding carboxylic acids is 2. The molecule has 0 radical (unpaired) electrons. The zero-order chi connectivity index (χ0) is 25.8. The van der Waals surface area contributed by atoms with E-state index in [1.54, 1.807) is 54.0 Å². The summed E-state index contributed by atoms with van der Waals surface area (Å²) in [5.74, 6) is 0.872. The van der Waals surface area contributed by atoms with E-state index in [1.165, 1.54) is 9.78 Å². The van der Waals surface area contributed by atoms with Crippen LogP contribution in [-0.4, -0.2) is 41.3 Å². The first-order valence-corrected chi connectivity index (χ1v) is 13.4. The summed E-state index contributed by atoms with van der Waals surface area (Å²) in [6.07, 6.45) is 2.33. The number of carbonyl (C=O) groups is 2. The quantitative estimate of drug-likeness (QED) is 0.272. The molecule has 0 saturated heterocycles. The summed E-state index contributed by atoms with van der Waals surface area (Å²) < 4.78 is 11.6. The molecular formula is C29H27ClN2O4S. The lowest BCUT2D eigenvalue weighted by molar-refractivity contribution is -0.135. The third-order valence-electron chi connectivity index (χ3n) is 6.49. The number of nitrogens with zero attached hydrogens (tertiary/aromatic N) is 2. The van der Waals surface area contributed by atoms with Crippen LogP contribution in [-0.2, 0) is 17.8 Å². The molecule has 1 aliphatic rings. The maximum Gasteiger partial charge on any atom is 0.256 e. The minimum Gasteiger partial charge on any atom is -0.491 e. The molecule has 3 heterocycles. The fraction of sp³-hybridized carbons (Fsp3) is 0.241. The van der Waals surface area contributed by atoms with Crippen LogP contribution in [0.2, 0.25) is 5.02 Å². The number of thiophene rings is 1. The van der Waals surface area contributed by atoms with Gasteiger partial charge in [-0.15, -0.1) is 11.3 Å². The maximum atomic E-state index is 13.8. The number of ether oxygens (including phenoxy) is 1. The van der Waals surface area contributed by atoms with Crippen molar-refractivity contribution < 1.29 is 18.7 Å². The van der Waals surface area contributed by atoms with Crippen molar-refractivity contribution in [1.29, 1.82) is 0 Å². The number of fused-ring (bicyclic) bond motifs is 1. The second-order valence-corrected chi connectivity index (χ2v) is 10.4. The normalized spacial score (nSPS) is 14.8. The lowest BCUT2D eigenvalue weighted by atomic mass is 10.0. The highest BCUT2D eigenvalue weighted by Crippen LogP contribution is 2.34. The maximum absolute atomic E-state index is 13.8. The Hall–Kier alpha value is -3.55. The Morgan fingerprint density at radius 2 is 1.92 bits per heavy atom. The van der Waals surface area contributed by atoms with Crippen LogP contribution in [0.15, 0.2) is 82.8 Å². The summed E-state index contributed by atoms with van der Waals surface area (Å²) in [6, 6.07) is 20.1. The highest BCUT2D eigenvalue weighted by Gasteiger charge is 2.34. The van der Waals surface area contributed by atoms with Gasteiger partial charge in [0.05, 0.1) is 29.4 Å². The smallest absolute Gasteiger partial charge is 0.256 e. The molecule has 190 valence electrons. The van der Waals surface area contributed by atoms with E-state index < -0.39 is 0 Å². The molecule has 0 aliphatic carbocycles. The number of hydrogen-bond acceptors (Lipinski definition) is 5. The van der Waals surface area contributed by atoms with Gasteiger partial charge in [0.2, 0.25) is 5.91 Å². The van der Waals surface area contributed by atoms with Crippen LogP contribution in [0.5, 0.6) is 5.75 Å². The average molecular weight is 535 g/mol. The lowest BCUT2D eigenvalue weighted by Crippen LogP contribution is -2.47. The fourth-order valence-electron chi connectivity index (χ4n) is 4.53. The van der Waals surface area contributed by atoms with Crippen molar-refractivity contribution in [2.75, 3.05) is 19.7 Å². The van der Waals surface area contributed by atoms with Gasteiger partial charge < -0.3 is 19.0 Å². The van der Waals surface area contributed by atoms with Crippen molar-refractivity contribution in [3.63, 3.8) is 0 Å². The van der Waals surface area contributed by atoms with Crippen molar-refractivity contribution in [2.45, 2.75) is 25.9 Å². The van der Waals surface area contributed by atoms with E-state index in [9.17, 15) is 9.59 Å². The molecular weight excluding hydrogens is 508 g/mol. The molecule has 8 heteroatoms. The van der Waals surface area contributed by atoms with Crippen LogP contribution >= 0.6 is 22.9 Å². The molecule has 2 aromatic heterocycles. The van der Waals surface area contributed by atoms with Crippen LogP contribution in [0.4, 0.5) is 0 Å². The summed E-state index contributed by atoms with van der Waals surface area (Å²) in [5, 5.41) is 2.40. The van der Waals surface area contributed by atoms with Gasteiger partial charge in [0.25, 0.3) is 5.91 Å². The van der Waals surface area contributed by atoms with Gasteiger partial charge in [-0.25, -0.2) is 0 Å². The van der Waals surface area contributed by atoms with Crippen molar-refractivity contribution >= 4 is 34.8 Å². The van der Waals surface area contributed by atoms with E-state index >= 15 is 0 Å². The minimum absolute atomic E-state index is 0.106. The van der Waals surface area contributed by atoms with Gasteiger partial charge >= 0.3 is 0 Å². The first-order valence-electron chi connectivity index (χ1n) is 12.1. The monoisotopic (exact) mass is 534 g/mol. The van der Waals surface area contributed by atoms with Crippen molar-refractivity contribution in [3.8, 4) is 5.75 Å². The molecule has 6 nitrogen and oxygen atoms in total. The third-order valence-corrected chi connectivity index (χ3v) is 7.81. The SMILES string of the molecule is Cc1ccc(OC[C@H]2c3ccsc3CCN2C(=O)CN(Cc2ccco2)C(=O)c2ccccc2Cl)cc1. The molecule has 1 atom stereocenters. The first kappa shape index (κ1) is 25.1. The second-order valence-electron chi connectivity index (χ2n) is 9.00. The molecule has 2 aromatic carbocycles. The molecule has 2 amide bonds. The van der Waals surface area contributed by atoms with Crippen molar-refractivity contribution in [3.05, 3.63) is 111 Å². The van der Waals surface area contributed by atoms with Gasteiger partial charge in [-0.3, -0.25) is 9.59 Å². The Morgan fingerprint density at radius 3 is 2.68 bits per heavy atom. The van der Waals surface area contributed by atoms with E-state index in [2.05, 4.69) is 11.4 Å². The molecule has 37 heavy (non-hydrogen) atoms. The van der Waals surface area contributed by atoms with E-state index in [1.807, 2.05) is 36.1 Å². The number of aryl methyl sites for hydroxylation is 1. The number of rotatable bonds is 8. The van der Waals surface area contributed by atoms with Crippen LogP contribution in [0.3, 0.4) is 0 Å². The molecule has 0 bridgehead atoms. The molecule has 0 N–H and O–H groups in total. The van der Waals surface area contributed by atoms with Gasteiger partial charge in [0, 0.05) is 11.4 Å². The standard InChI is InChI=1S/C29H27ClN2O4S/c1-20-8-10-21(11-9-20)36-19-26-24-13-16-37-27(24)12-14-32(26)28(33)18-31(17-22-5-4-15-35-22)29(34)23-6-2-3-7-25(23)30/h2-11,13,15-16,26H,12,14,17-19H2,1H3/t26-/m0/s1. The second kappa shape index (κ2) is 11.2. The summed E-state index contributed by atoms with van der Waals surface area (Å²) in [6.45, 7) is 2.97. The van der Waals surface area contributed by atoms with Gasteiger partial charge in [0.15, 0.2) is 0 Å². The molecule has 1 aliphatic heterocycles. The fourth-order valence-corrected chi connectivity index (χ4v) is 5.68. The summed E-state index contributed by atoms with van der Waals surface area (Å²) in [7, 11) is 0. The Kier molecular flexibility index (Phi) is 7.63. The number of amides is 2. The topological polar surface area (TPSA) is 63.0 Å². The zero-order valence-electron chi connectivity index (χ0n) is 20.4. The molecule has 5 rings (SSSR count). The first-order chi connectivity index (χ1) is 18.0. The van der Waals surface area contributed by atoms with Crippen LogP contribution < -0.4 is 4.74 Å². The third kappa shape index (κ3) is 5.73. The van der Waals surface area contributed by atoms with Crippen LogP contribution in [0.1, 0.15) is 38.2 Å². The van der Waals surface area contributed by atoms with Crippen molar-refractivity contribution in [2.24, 2.45) is 0 Å². The van der Waals surface area contributed by atoms with E-state index in [-0.39, 0.29) is 30.9 Å². The lowest BCUT2D eigenvalue weighted by Gasteiger charge is -2.37. The van der Waals surface area contributed by atoms with Gasteiger partial charge in [-0.05, 0) is 66.8 Å². The number of halogens is 1. The highest BCUT2D eigenvalue weighted by atomic mass is 35.5. The Labute approximate surface area is 225 Å². The number of hydrogen-bond donors (Lipinski definition) is 0. The minimum atomic E-state index is -0.323. The molecule has 4 aromatic rings. The highest BCUT2D eigenvalue weighted by molar-refractivity contribution is 7.10. The number of benzene rings is 2. The molecule has 0 unspecified atom stereocenters. The van der Waals surface area contributed by atoms with Gasteiger partial charge in [0.1, 0.15) is 24.7 Å². The predicted octanol–water partition coefficient (Wildman–Crippen LogP) is 6.15. The molecule has 0 saturated carbocycles. The molecule has 0 fully saturated rings. The van der Waals surface area contributed by atoms with E-state index in [0.717, 1.165) is 23.3 Å². The van der Waals surface area contributed by atoms with Gasteiger partial charge in [-0.1, -0.05) is 41.4 Å². The van der Waals surface area contributed by atoms with Crippen LogP contribution in [0, 0.1) is 6.92 Å². The zero-order valence-corrected chi connectivity index (χ0v) is 22.0. The van der Waals surface area contributed by atoms with E-state index in [4.69, 9.17) is 20.8 Å². The molecule has 0 spiro atoms. The van der Waals surface area contributed by atoms with Crippen molar-refractivity contribution in [1.82, 2.24) is 9.80 Å². The predicted molar refractivity (Wildman–Crippen MR) is 144 cm³/mol. The summed E-state index contributed by atoms with van der Waals surface area (Å²) >= 11 is 8.03. The average Bonchev–Trinajstić information content (AvgIpc) is 3.60. The summed E-state index contributed by atoms with van der Waals surface area (Å²) in [5.41, 5.74) is 2.61. The Morgan fingerprint density at radius 1 is 1.11 bits per heavy atom. The Bertz CT molecular complexity index is 1370. The van der Waals surface area contributed by atoms with E-state index in [0.29, 0.717) is 29.5 Å². The van der Waals surface area contributed by atoms with Crippen LogP contribution in [0.25, 0.3) is 0 Å². The Balaban J connectivity index is 1.38. The summed E-state index contributed by atoms with van der Waals surface area (Å²) in [4.78, 5) is 31.9. The van der Waals surface area contributed by atoms with Gasteiger partial charge in [-0.2, -0.15) is 0 Å². The largest absolute Gasteiger partial charge is 0.491 e.